The van der Waals surface area contributed by atoms with Gasteiger partial charge in [-0.3, -0.25) is 0 Å². The van der Waals surface area contributed by atoms with Gasteiger partial charge in [0, 0.05) is 12.5 Å². The van der Waals surface area contributed by atoms with Crippen LogP contribution in [0.2, 0.25) is 0 Å². The fraction of sp³-hybridized carbons (Fsp3) is 1.00. The molecule has 3 N–H and O–H groups in total. The molecule has 1 saturated heterocycles. The fourth-order valence-electron chi connectivity index (χ4n) is 1.95. The summed E-state index contributed by atoms with van der Waals surface area (Å²) in [6, 6.07) is 0.0778. The van der Waals surface area contributed by atoms with E-state index in [4.69, 9.17) is 0 Å². The van der Waals surface area contributed by atoms with Gasteiger partial charge in [0.25, 0.3) is 0 Å². The first-order valence-corrected chi connectivity index (χ1v) is 7.54. The number of thioether (sulfide) groups is 1. The van der Waals surface area contributed by atoms with Crippen LogP contribution in [0.3, 0.4) is 0 Å². The zero-order chi connectivity index (χ0) is 12.9. The van der Waals surface area contributed by atoms with Crippen LogP contribution in [-0.4, -0.2) is 50.4 Å². The summed E-state index contributed by atoms with van der Waals surface area (Å²) in [5.41, 5.74) is 0. The third-order valence-electron chi connectivity index (χ3n) is 3.15. The summed E-state index contributed by atoms with van der Waals surface area (Å²) in [5.74, 6) is 1.23. The zero-order valence-electron chi connectivity index (χ0n) is 10.8. The Kier molecular flexibility index (Phi) is 6.23. The Hall–Kier alpha value is 0.190. The molecule has 1 fully saturated rings. The molecular weight excluding hydrogens is 238 g/mol. The Bertz CT molecular complexity index is 224. The molecule has 1 aliphatic rings. The maximum absolute atomic E-state index is 9.65. The summed E-state index contributed by atoms with van der Waals surface area (Å²) >= 11 is 1.91. The molecule has 0 saturated carbocycles. The molecule has 1 atom stereocenters. The number of rotatable bonds is 6. The third kappa shape index (κ3) is 6.06. The summed E-state index contributed by atoms with van der Waals surface area (Å²) in [5, 5.41) is 29.5. The second-order valence-electron chi connectivity index (χ2n) is 5.36. The fourth-order valence-corrected chi connectivity index (χ4v) is 3.23. The van der Waals surface area contributed by atoms with E-state index in [9.17, 15) is 15.4 Å². The van der Waals surface area contributed by atoms with Crippen LogP contribution in [0.25, 0.3) is 0 Å². The highest BCUT2D eigenvalue weighted by Gasteiger charge is 2.35. The minimum absolute atomic E-state index is 0.0612. The zero-order valence-corrected chi connectivity index (χ0v) is 11.6. The smallest absolute Gasteiger partial charge is 0.178 e. The van der Waals surface area contributed by atoms with E-state index >= 15 is 0 Å². The minimum atomic E-state index is -1.71. The van der Waals surface area contributed by atoms with Crippen LogP contribution in [0, 0.1) is 5.92 Å². The minimum Gasteiger partial charge on any atom is -0.364 e. The van der Waals surface area contributed by atoms with Gasteiger partial charge in [0.2, 0.25) is 0 Å². The molecule has 17 heavy (non-hydrogen) atoms. The molecule has 0 aromatic rings. The SMILES string of the molecule is CC(C)CCSCCC1CCC(O)(O)CN1O. The van der Waals surface area contributed by atoms with Crippen LogP contribution in [0.1, 0.15) is 39.5 Å². The molecule has 0 bridgehead atoms. The van der Waals surface area contributed by atoms with Crippen molar-refractivity contribution in [2.75, 3.05) is 18.1 Å². The molecule has 0 radical (unpaired) electrons. The van der Waals surface area contributed by atoms with Crippen LogP contribution >= 0.6 is 11.8 Å². The van der Waals surface area contributed by atoms with Crippen LogP contribution in [0.15, 0.2) is 0 Å². The van der Waals surface area contributed by atoms with E-state index in [2.05, 4.69) is 13.8 Å². The largest absolute Gasteiger partial charge is 0.364 e. The first kappa shape index (κ1) is 15.2. The maximum Gasteiger partial charge on any atom is 0.178 e. The quantitative estimate of drug-likeness (QED) is 0.503. The van der Waals surface area contributed by atoms with Gasteiger partial charge in [-0.25, -0.2) is 0 Å². The van der Waals surface area contributed by atoms with Gasteiger partial charge in [-0.1, -0.05) is 13.8 Å². The highest BCUT2D eigenvalue weighted by atomic mass is 32.2. The summed E-state index contributed by atoms with van der Waals surface area (Å²) in [6.07, 6.45) is 3.14. The molecule has 102 valence electrons. The highest BCUT2D eigenvalue weighted by molar-refractivity contribution is 7.99. The number of hydrogen-bond acceptors (Lipinski definition) is 5. The number of hydroxylamine groups is 2. The van der Waals surface area contributed by atoms with E-state index in [0.29, 0.717) is 12.8 Å². The molecule has 0 aliphatic carbocycles. The number of nitrogens with zero attached hydrogens (tertiary/aromatic N) is 1. The monoisotopic (exact) mass is 263 g/mol. The van der Waals surface area contributed by atoms with E-state index in [1.165, 1.54) is 12.2 Å². The van der Waals surface area contributed by atoms with Gasteiger partial charge in [0.05, 0.1) is 6.54 Å². The molecule has 1 unspecified atom stereocenters. The Morgan fingerprint density at radius 3 is 2.65 bits per heavy atom. The van der Waals surface area contributed by atoms with Crippen molar-refractivity contribution in [2.24, 2.45) is 5.92 Å². The lowest BCUT2D eigenvalue weighted by Gasteiger charge is -2.37. The Balaban J connectivity index is 2.12. The van der Waals surface area contributed by atoms with E-state index in [0.717, 1.165) is 23.2 Å². The van der Waals surface area contributed by atoms with Gasteiger partial charge in [-0.15, -0.1) is 0 Å². The molecule has 0 aromatic carbocycles. The molecule has 0 spiro atoms. The molecule has 4 nitrogen and oxygen atoms in total. The van der Waals surface area contributed by atoms with Crippen molar-refractivity contribution in [3.05, 3.63) is 0 Å². The average Bonchev–Trinajstić information content (AvgIpc) is 2.19. The number of aliphatic hydroxyl groups is 2. The van der Waals surface area contributed by atoms with Crippen molar-refractivity contribution in [2.45, 2.75) is 51.4 Å². The van der Waals surface area contributed by atoms with Gasteiger partial charge in [-0.2, -0.15) is 16.8 Å². The summed E-state index contributed by atoms with van der Waals surface area (Å²) in [6.45, 7) is 4.38. The van der Waals surface area contributed by atoms with E-state index in [1.807, 2.05) is 11.8 Å². The predicted molar refractivity (Wildman–Crippen MR) is 70.1 cm³/mol. The maximum atomic E-state index is 9.65. The van der Waals surface area contributed by atoms with E-state index in [-0.39, 0.29) is 12.6 Å². The molecule has 5 heteroatoms. The highest BCUT2D eigenvalue weighted by Crippen LogP contribution is 2.25. The summed E-state index contributed by atoms with van der Waals surface area (Å²) in [7, 11) is 0. The number of β-amino-alcohol motifs (C(OH)–C–C–N with tert-alkyl or cyclic N) is 2. The second kappa shape index (κ2) is 6.95. The average molecular weight is 263 g/mol. The topological polar surface area (TPSA) is 63.9 Å². The number of piperidine rings is 1. The second-order valence-corrected chi connectivity index (χ2v) is 6.58. The van der Waals surface area contributed by atoms with Gasteiger partial charge in [0.1, 0.15) is 0 Å². The van der Waals surface area contributed by atoms with Crippen molar-refractivity contribution >= 4 is 11.8 Å². The Morgan fingerprint density at radius 1 is 1.35 bits per heavy atom. The van der Waals surface area contributed by atoms with E-state index < -0.39 is 5.79 Å². The lowest BCUT2D eigenvalue weighted by atomic mass is 9.98. The Morgan fingerprint density at radius 2 is 2.06 bits per heavy atom. The predicted octanol–water partition coefficient (Wildman–Crippen LogP) is 1.69. The Labute approximate surface area is 108 Å². The van der Waals surface area contributed by atoms with Crippen LogP contribution in [0.5, 0.6) is 0 Å². The van der Waals surface area contributed by atoms with Crippen molar-refractivity contribution in [3.8, 4) is 0 Å². The molecule has 0 amide bonds. The molecular formula is C12H25NO3S. The van der Waals surface area contributed by atoms with Crippen LogP contribution in [0.4, 0.5) is 0 Å². The lowest BCUT2D eigenvalue weighted by molar-refractivity contribution is -0.265. The lowest BCUT2D eigenvalue weighted by Crippen LogP contribution is -2.51. The molecule has 0 aromatic heterocycles. The van der Waals surface area contributed by atoms with Crippen LogP contribution < -0.4 is 0 Å². The van der Waals surface area contributed by atoms with E-state index in [1.54, 1.807) is 0 Å². The molecule has 1 rings (SSSR count). The first-order chi connectivity index (χ1) is 7.91. The van der Waals surface area contributed by atoms with Crippen molar-refractivity contribution < 1.29 is 15.4 Å². The molecule has 1 heterocycles. The summed E-state index contributed by atoms with van der Waals surface area (Å²) < 4.78 is 0. The van der Waals surface area contributed by atoms with Crippen molar-refractivity contribution in [1.29, 1.82) is 0 Å². The molecule has 1 aliphatic heterocycles. The van der Waals surface area contributed by atoms with Gasteiger partial charge in [-0.05, 0) is 36.7 Å². The van der Waals surface area contributed by atoms with Gasteiger partial charge < -0.3 is 15.4 Å². The van der Waals surface area contributed by atoms with Gasteiger partial charge >= 0.3 is 0 Å². The first-order valence-electron chi connectivity index (χ1n) is 6.39. The van der Waals surface area contributed by atoms with Crippen LogP contribution in [-0.2, 0) is 0 Å². The van der Waals surface area contributed by atoms with Gasteiger partial charge in [0.15, 0.2) is 5.79 Å². The van der Waals surface area contributed by atoms with Crippen molar-refractivity contribution in [1.82, 2.24) is 5.06 Å². The normalized spacial score (nSPS) is 25.4. The number of hydrogen-bond donors (Lipinski definition) is 3. The standard InChI is InChI=1S/C12H25NO3S/c1-10(2)4-7-17-8-5-11-3-6-12(14,15)9-13(11)16/h10-11,14-16H,3-9H2,1-2H3. The summed E-state index contributed by atoms with van der Waals surface area (Å²) in [4.78, 5) is 0. The third-order valence-corrected chi connectivity index (χ3v) is 4.20. The van der Waals surface area contributed by atoms with Crippen molar-refractivity contribution in [3.63, 3.8) is 0 Å².